The Hall–Kier alpha value is -3.98. The van der Waals surface area contributed by atoms with Crippen LogP contribution in [0.3, 0.4) is 0 Å². The van der Waals surface area contributed by atoms with E-state index in [-0.39, 0.29) is 18.5 Å². The van der Waals surface area contributed by atoms with E-state index in [2.05, 4.69) is 31.5 Å². The summed E-state index contributed by atoms with van der Waals surface area (Å²) in [6, 6.07) is 17.8. The van der Waals surface area contributed by atoms with Gasteiger partial charge in [-0.15, -0.1) is 0 Å². The summed E-state index contributed by atoms with van der Waals surface area (Å²) in [6.07, 6.45) is 3.89. The van der Waals surface area contributed by atoms with Crippen LogP contribution in [-0.4, -0.2) is 66.4 Å². The fourth-order valence-corrected chi connectivity index (χ4v) is 4.46. The Morgan fingerprint density at radius 2 is 1.86 bits per heavy atom. The topological polar surface area (TPSA) is 92.2 Å². The first-order valence-electron chi connectivity index (χ1n) is 12.7. The number of carbonyl (C=O) groups is 1. The molecule has 9 nitrogen and oxygen atoms in total. The van der Waals surface area contributed by atoms with Gasteiger partial charge in [-0.2, -0.15) is 15.1 Å². The van der Waals surface area contributed by atoms with Crippen molar-refractivity contribution in [3.05, 3.63) is 76.9 Å². The summed E-state index contributed by atoms with van der Waals surface area (Å²) >= 11 is 0. The summed E-state index contributed by atoms with van der Waals surface area (Å²) < 4.78 is 11.5. The van der Waals surface area contributed by atoms with Gasteiger partial charge in [0, 0.05) is 37.8 Å². The predicted molar refractivity (Wildman–Crippen MR) is 143 cm³/mol. The van der Waals surface area contributed by atoms with Crippen LogP contribution >= 0.6 is 0 Å². The van der Waals surface area contributed by atoms with E-state index in [1.807, 2.05) is 60.4 Å². The largest absolute Gasteiger partial charge is 0.458 e. The minimum absolute atomic E-state index is 0.0721. The van der Waals surface area contributed by atoms with Crippen molar-refractivity contribution in [1.29, 1.82) is 0 Å². The molecular formula is C28H32N6O3. The third kappa shape index (κ3) is 6.62. The maximum atomic E-state index is 12.8. The number of morpholine rings is 1. The number of aromatic nitrogens is 2. The van der Waals surface area contributed by atoms with Gasteiger partial charge in [0.1, 0.15) is 12.4 Å². The van der Waals surface area contributed by atoms with E-state index in [9.17, 15) is 4.79 Å². The van der Waals surface area contributed by atoms with Gasteiger partial charge in [0.05, 0.1) is 19.4 Å². The number of amides is 1. The number of hydrogen-bond donors (Lipinski definition) is 1. The molecule has 0 spiro atoms. The Kier molecular flexibility index (Phi) is 7.90. The van der Waals surface area contributed by atoms with Crippen molar-refractivity contribution in [2.75, 3.05) is 49.7 Å². The van der Waals surface area contributed by atoms with Gasteiger partial charge in [0.2, 0.25) is 0 Å². The Morgan fingerprint density at radius 3 is 2.68 bits per heavy atom. The highest BCUT2D eigenvalue weighted by molar-refractivity contribution is 5.94. The van der Waals surface area contributed by atoms with Crippen LogP contribution in [-0.2, 0) is 11.3 Å². The SMILES string of the molecule is Cc1cccc(/C=N/Nc2cc(N3CCOCC3)nc(OCc3cccc(C(=O)N4CCCC4)c3)n2)c1. The number of nitrogens with zero attached hydrogens (tertiary/aromatic N) is 5. The Bertz CT molecular complexity index is 1250. The monoisotopic (exact) mass is 500 g/mol. The molecule has 2 saturated heterocycles. The Balaban J connectivity index is 1.31. The number of carbonyl (C=O) groups excluding carboxylic acids is 1. The third-order valence-electron chi connectivity index (χ3n) is 6.40. The van der Waals surface area contributed by atoms with Crippen LogP contribution in [0, 0.1) is 6.92 Å². The first-order chi connectivity index (χ1) is 18.1. The lowest BCUT2D eigenvalue weighted by atomic mass is 10.1. The molecule has 5 rings (SSSR count). The highest BCUT2D eigenvalue weighted by atomic mass is 16.5. The molecule has 192 valence electrons. The van der Waals surface area contributed by atoms with Crippen molar-refractivity contribution in [2.45, 2.75) is 26.4 Å². The van der Waals surface area contributed by atoms with Crippen LogP contribution in [0.5, 0.6) is 6.01 Å². The van der Waals surface area contributed by atoms with E-state index in [0.717, 1.165) is 56.0 Å². The van der Waals surface area contributed by atoms with Crippen molar-refractivity contribution in [3.63, 3.8) is 0 Å². The highest BCUT2D eigenvalue weighted by Crippen LogP contribution is 2.22. The first kappa shape index (κ1) is 24.7. The molecule has 1 N–H and O–H groups in total. The molecule has 1 amide bonds. The zero-order chi connectivity index (χ0) is 25.5. The van der Waals surface area contributed by atoms with Gasteiger partial charge in [-0.05, 0) is 43.0 Å². The smallest absolute Gasteiger partial charge is 0.320 e. The standard InChI is InChI=1S/C28H32N6O3/c1-21-6-4-7-22(16-21)19-29-32-25-18-26(33-12-14-36-15-13-33)31-28(30-25)37-20-23-8-5-9-24(17-23)27(35)34-10-2-3-11-34/h4-9,16-19H,2-3,10-15,20H2,1H3,(H,30,31,32)/b29-19+. The average molecular weight is 501 g/mol. The number of aryl methyl sites for hydroxylation is 1. The van der Waals surface area contributed by atoms with Crippen molar-refractivity contribution >= 4 is 23.8 Å². The molecule has 2 fully saturated rings. The molecule has 0 unspecified atom stereocenters. The second kappa shape index (κ2) is 11.8. The van der Waals surface area contributed by atoms with Gasteiger partial charge in [-0.3, -0.25) is 10.2 Å². The summed E-state index contributed by atoms with van der Waals surface area (Å²) in [5.41, 5.74) is 6.75. The molecule has 2 aliphatic heterocycles. The molecule has 3 heterocycles. The van der Waals surface area contributed by atoms with Crippen molar-refractivity contribution in [1.82, 2.24) is 14.9 Å². The molecular weight excluding hydrogens is 468 g/mol. The van der Waals surface area contributed by atoms with Gasteiger partial charge < -0.3 is 19.3 Å². The number of hydrazone groups is 1. The summed E-state index contributed by atoms with van der Waals surface area (Å²) in [5.74, 6) is 1.36. The first-order valence-corrected chi connectivity index (χ1v) is 12.7. The normalized spacial score (nSPS) is 15.8. The van der Waals surface area contributed by atoms with Crippen molar-refractivity contribution < 1.29 is 14.3 Å². The van der Waals surface area contributed by atoms with E-state index >= 15 is 0 Å². The summed E-state index contributed by atoms with van der Waals surface area (Å²) in [7, 11) is 0. The Morgan fingerprint density at radius 1 is 1.05 bits per heavy atom. The van der Waals surface area contributed by atoms with Crippen molar-refractivity contribution in [3.8, 4) is 6.01 Å². The number of ether oxygens (including phenoxy) is 2. The van der Waals surface area contributed by atoms with Gasteiger partial charge in [-0.25, -0.2) is 0 Å². The molecule has 0 saturated carbocycles. The number of anilines is 2. The fraction of sp³-hybridized carbons (Fsp3) is 0.357. The lowest BCUT2D eigenvalue weighted by Gasteiger charge is -2.28. The fourth-order valence-electron chi connectivity index (χ4n) is 4.46. The van der Waals surface area contributed by atoms with Crippen LogP contribution in [0.15, 0.2) is 59.7 Å². The summed E-state index contributed by atoms with van der Waals surface area (Å²) in [5, 5.41) is 4.36. The maximum Gasteiger partial charge on any atom is 0.320 e. The molecule has 0 atom stereocenters. The highest BCUT2D eigenvalue weighted by Gasteiger charge is 2.20. The van der Waals surface area contributed by atoms with Gasteiger partial charge in [0.15, 0.2) is 5.82 Å². The number of benzene rings is 2. The van der Waals surface area contributed by atoms with Gasteiger partial charge >= 0.3 is 6.01 Å². The lowest BCUT2D eigenvalue weighted by Crippen LogP contribution is -2.36. The van der Waals surface area contributed by atoms with E-state index in [0.29, 0.717) is 24.6 Å². The zero-order valence-corrected chi connectivity index (χ0v) is 21.1. The molecule has 0 bridgehead atoms. The average Bonchev–Trinajstić information content (AvgIpc) is 3.47. The second-order valence-corrected chi connectivity index (χ2v) is 9.27. The number of rotatable bonds is 8. The van der Waals surface area contributed by atoms with E-state index in [1.165, 1.54) is 5.56 Å². The van der Waals surface area contributed by atoms with Gasteiger partial charge in [-0.1, -0.05) is 42.0 Å². The second-order valence-electron chi connectivity index (χ2n) is 9.27. The number of hydrogen-bond acceptors (Lipinski definition) is 8. The summed E-state index contributed by atoms with van der Waals surface area (Å²) in [4.78, 5) is 26.0. The van der Waals surface area contributed by atoms with Gasteiger partial charge in [0.25, 0.3) is 5.91 Å². The van der Waals surface area contributed by atoms with Crippen LogP contribution < -0.4 is 15.1 Å². The predicted octanol–water partition coefficient (Wildman–Crippen LogP) is 3.88. The van der Waals surface area contributed by atoms with Crippen molar-refractivity contribution in [2.24, 2.45) is 5.10 Å². The van der Waals surface area contributed by atoms with Crippen LogP contribution in [0.25, 0.3) is 0 Å². The van der Waals surface area contributed by atoms with E-state index in [4.69, 9.17) is 9.47 Å². The summed E-state index contributed by atoms with van der Waals surface area (Å²) in [6.45, 7) is 6.71. The number of nitrogens with one attached hydrogen (secondary N) is 1. The molecule has 0 radical (unpaired) electrons. The Labute approximate surface area is 217 Å². The quantitative estimate of drug-likeness (QED) is 0.371. The van der Waals surface area contributed by atoms with E-state index in [1.54, 1.807) is 6.21 Å². The minimum Gasteiger partial charge on any atom is -0.458 e. The lowest BCUT2D eigenvalue weighted by molar-refractivity contribution is 0.0792. The van der Waals surface area contributed by atoms with E-state index < -0.39 is 0 Å². The van der Waals surface area contributed by atoms with Crippen LogP contribution in [0.2, 0.25) is 0 Å². The van der Waals surface area contributed by atoms with Crippen LogP contribution in [0.1, 0.15) is 39.9 Å². The molecule has 37 heavy (non-hydrogen) atoms. The third-order valence-corrected chi connectivity index (χ3v) is 6.40. The molecule has 1 aromatic heterocycles. The minimum atomic E-state index is 0.0721. The molecule has 2 aliphatic rings. The number of likely N-dealkylation sites (tertiary alicyclic amines) is 1. The maximum absolute atomic E-state index is 12.8. The molecule has 9 heteroatoms. The molecule has 3 aromatic rings. The molecule has 0 aliphatic carbocycles. The zero-order valence-electron chi connectivity index (χ0n) is 21.1. The van der Waals surface area contributed by atoms with Crippen LogP contribution in [0.4, 0.5) is 11.6 Å². The molecule has 2 aromatic carbocycles.